The van der Waals surface area contributed by atoms with Crippen molar-refractivity contribution < 1.29 is 4.79 Å². The number of carbonyl (C=O) groups excluding carboxylic acids is 1. The van der Waals surface area contributed by atoms with Crippen molar-refractivity contribution in [1.29, 1.82) is 0 Å². The first-order chi connectivity index (χ1) is 10.1. The number of thiocarbonyl (C=S) groups is 1. The molecule has 3 rings (SSSR count). The Hall–Kier alpha value is -1.72. The van der Waals surface area contributed by atoms with E-state index in [0.717, 1.165) is 28.8 Å². The number of aryl methyl sites for hydroxylation is 3. The first kappa shape index (κ1) is 14.2. The normalized spacial score (nSPS) is 13.0. The number of hydrogen-bond donors (Lipinski definition) is 2. The van der Waals surface area contributed by atoms with Gasteiger partial charge in [-0.3, -0.25) is 4.79 Å². The van der Waals surface area contributed by atoms with Gasteiger partial charge in [0.25, 0.3) is 5.91 Å². The second-order valence-corrected chi connectivity index (χ2v) is 6.81. The Kier molecular flexibility index (Phi) is 3.78. The summed E-state index contributed by atoms with van der Waals surface area (Å²) in [5.74, 6) is -0.0856. The Balaban J connectivity index is 1.88. The Morgan fingerprint density at radius 2 is 2.19 bits per heavy atom. The lowest BCUT2D eigenvalue weighted by Gasteiger charge is -2.12. The fourth-order valence-corrected chi connectivity index (χ4v) is 4.14. The highest BCUT2D eigenvalue weighted by Crippen LogP contribution is 2.31. The number of amides is 1. The molecule has 0 spiro atoms. The first-order valence-corrected chi connectivity index (χ1v) is 8.11. The molecule has 5 heteroatoms. The van der Waals surface area contributed by atoms with Crippen LogP contribution in [0.1, 0.15) is 37.7 Å². The number of fused-ring (bicyclic) bond motifs is 1. The van der Waals surface area contributed by atoms with Gasteiger partial charge in [-0.2, -0.15) is 0 Å². The monoisotopic (exact) mass is 316 g/mol. The van der Waals surface area contributed by atoms with Gasteiger partial charge in [-0.05, 0) is 49.4 Å². The summed E-state index contributed by atoms with van der Waals surface area (Å²) in [7, 11) is 0. The number of carbonyl (C=O) groups is 1. The molecule has 1 aliphatic carbocycles. The van der Waals surface area contributed by atoms with Crippen LogP contribution in [0.15, 0.2) is 24.3 Å². The lowest BCUT2D eigenvalue weighted by molar-refractivity contribution is 0.103. The molecule has 108 valence electrons. The Morgan fingerprint density at radius 3 is 2.90 bits per heavy atom. The fraction of sp³-hybridized carbons (Fsp3) is 0.250. The zero-order valence-corrected chi connectivity index (χ0v) is 13.4. The zero-order valence-electron chi connectivity index (χ0n) is 11.7. The zero-order chi connectivity index (χ0) is 15.0. The maximum Gasteiger partial charge on any atom is 0.265 e. The number of thiophene rings is 1. The smallest absolute Gasteiger partial charge is 0.265 e. The predicted molar refractivity (Wildman–Crippen MR) is 91.4 cm³/mol. The van der Waals surface area contributed by atoms with E-state index in [1.54, 1.807) is 11.3 Å². The van der Waals surface area contributed by atoms with Crippen LogP contribution in [0.2, 0.25) is 0 Å². The van der Waals surface area contributed by atoms with Crippen LogP contribution in [-0.4, -0.2) is 10.9 Å². The van der Waals surface area contributed by atoms with E-state index in [2.05, 4.69) is 5.32 Å². The molecule has 0 aliphatic heterocycles. The van der Waals surface area contributed by atoms with Gasteiger partial charge in [-0.15, -0.1) is 11.3 Å². The molecule has 1 aromatic carbocycles. The lowest BCUT2D eigenvalue weighted by atomic mass is 10.1. The quantitative estimate of drug-likeness (QED) is 0.853. The standard InChI is InChI=1S/C16H16N2OS2/c1-9-4-2-6-11(14(9)15(17)20)18-16(19)13-8-10-5-3-7-12(10)21-13/h2,4,6,8H,3,5,7H2,1H3,(H2,17,20)(H,18,19). The third kappa shape index (κ3) is 2.71. The number of hydrogen-bond acceptors (Lipinski definition) is 3. The third-order valence-electron chi connectivity index (χ3n) is 3.74. The molecule has 0 fully saturated rings. The van der Waals surface area contributed by atoms with Gasteiger partial charge in [-0.25, -0.2) is 0 Å². The van der Waals surface area contributed by atoms with Crippen molar-refractivity contribution in [2.75, 3.05) is 5.32 Å². The summed E-state index contributed by atoms with van der Waals surface area (Å²) in [4.78, 5) is 14.8. The number of nitrogens with one attached hydrogen (secondary N) is 1. The minimum absolute atomic E-state index is 0.0856. The van der Waals surface area contributed by atoms with Gasteiger partial charge >= 0.3 is 0 Å². The van der Waals surface area contributed by atoms with Crippen LogP contribution >= 0.6 is 23.6 Å². The summed E-state index contributed by atoms with van der Waals surface area (Å²) < 4.78 is 0. The summed E-state index contributed by atoms with van der Waals surface area (Å²) in [6, 6.07) is 7.67. The van der Waals surface area contributed by atoms with E-state index >= 15 is 0 Å². The second-order valence-electron chi connectivity index (χ2n) is 5.23. The van der Waals surface area contributed by atoms with Crippen molar-refractivity contribution in [3.8, 4) is 0 Å². The molecule has 1 amide bonds. The van der Waals surface area contributed by atoms with Gasteiger partial charge in [0.2, 0.25) is 0 Å². The summed E-state index contributed by atoms with van der Waals surface area (Å²) in [6.45, 7) is 1.93. The molecule has 0 atom stereocenters. The molecule has 0 saturated heterocycles. The average molecular weight is 316 g/mol. The van der Waals surface area contributed by atoms with Crippen molar-refractivity contribution in [2.45, 2.75) is 26.2 Å². The van der Waals surface area contributed by atoms with E-state index in [0.29, 0.717) is 10.7 Å². The van der Waals surface area contributed by atoms with Crippen molar-refractivity contribution in [1.82, 2.24) is 0 Å². The van der Waals surface area contributed by atoms with Gasteiger partial charge < -0.3 is 11.1 Å². The van der Waals surface area contributed by atoms with E-state index in [1.165, 1.54) is 16.9 Å². The molecule has 1 aliphatic rings. The third-order valence-corrected chi connectivity index (χ3v) is 5.18. The molecule has 3 nitrogen and oxygen atoms in total. The number of anilines is 1. The minimum atomic E-state index is -0.0856. The molecular weight excluding hydrogens is 300 g/mol. The Morgan fingerprint density at radius 1 is 1.38 bits per heavy atom. The molecule has 1 aromatic heterocycles. The van der Waals surface area contributed by atoms with E-state index in [9.17, 15) is 4.79 Å². The Labute approximate surface area is 133 Å². The van der Waals surface area contributed by atoms with Crippen LogP contribution in [0.3, 0.4) is 0 Å². The number of nitrogens with two attached hydrogens (primary N) is 1. The second kappa shape index (κ2) is 5.58. The fourth-order valence-electron chi connectivity index (χ4n) is 2.72. The first-order valence-electron chi connectivity index (χ1n) is 6.88. The maximum absolute atomic E-state index is 12.4. The van der Waals surface area contributed by atoms with Crippen LogP contribution in [-0.2, 0) is 12.8 Å². The van der Waals surface area contributed by atoms with E-state index in [4.69, 9.17) is 18.0 Å². The van der Waals surface area contributed by atoms with Crippen LogP contribution in [0.4, 0.5) is 5.69 Å². The largest absolute Gasteiger partial charge is 0.389 e. The van der Waals surface area contributed by atoms with Crippen molar-refractivity contribution in [3.05, 3.63) is 50.7 Å². The maximum atomic E-state index is 12.4. The molecule has 0 unspecified atom stereocenters. The molecule has 3 N–H and O–H groups in total. The summed E-state index contributed by atoms with van der Waals surface area (Å²) in [5, 5.41) is 2.94. The average Bonchev–Trinajstić information content (AvgIpc) is 2.98. The van der Waals surface area contributed by atoms with Crippen molar-refractivity contribution in [3.63, 3.8) is 0 Å². The van der Waals surface area contributed by atoms with E-state index < -0.39 is 0 Å². The number of rotatable bonds is 3. The van der Waals surface area contributed by atoms with Crippen LogP contribution in [0.5, 0.6) is 0 Å². The van der Waals surface area contributed by atoms with Gasteiger partial charge in [0.15, 0.2) is 0 Å². The molecule has 2 aromatic rings. The highest BCUT2D eigenvalue weighted by atomic mass is 32.1. The minimum Gasteiger partial charge on any atom is -0.389 e. The summed E-state index contributed by atoms with van der Waals surface area (Å²) >= 11 is 6.68. The summed E-state index contributed by atoms with van der Waals surface area (Å²) in [6.07, 6.45) is 3.38. The van der Waals surface area contributed by atoms with Crippen molar-refractivity contribution >= 4 is 40.1 Å². The van der Waals surface area contributed by atoms with Gasteiger partial charge in [-0.1, -0.05) is 24.4 Å². The SMILES string of the molecule is Cc1cccc(NC(=O)c2cc3c(s2)CCC3)c1C(N)=S. The number of benzene rings is 1. The summed E-state index contributed by atoms with van der Waals surface area (Å²) in [5.41, 5.74) is 9.48. The molecule has 21 heavy (non-hydrogen) atoms. The molecule has 1 heterocycles. The highest BCUT2D eigenvalue weighted by molar-refractivity contribution is 7.80. The van der Waals surface area contributed by atoms with Gasteiger partial charge in [0.05, 0.1) is 10.6 Å². The van der Waals surface area contributed by atoms with E-state index in [1.807, 2.05) is 31.2 Å². The van der Waals surface area contributed by atoms with E-state index in [-0.39, 0.29) is 5.91 Å². The van der Waals surface area contributed by atoms with Crippen LogP contribution in [0, 0.1) is 6.92 Å². The molecule has 0 radical (unpaired) electrons. The van der Waals surface area contributed by atoms with Crippen LogP contribution in [0.25, 0.3) is 0 Å². The van der Waals surface area contributed by atoms with Crippen LogP contribution < -0.4 is 11.1 Å². The topological polar surface area (TPSA) is 55.1 Å². The molecular formula is C16H16N2OS2. The van der Waals surface area contributed by atoms with Crippen molar-refractivity contribution in [2.24, 2.45) is 5.73 Å². The predicted octanol–water partition coefficient (Wildman–Crippen LogP) is 3.43. The lowest BCUT2D eigenvalue weighted by Crippen LogP contribution is -2.18. The van der Waals surface area contributed by atoms with Gasteiger partial charge in [0, 0.05) is 10.4 Å². The molecule has 0 bridgehead atoms. The van der Waals surface area contributed by atoms with Gasteiger partial charge in [0.1, 0.15) is 4.99 Å². The highest BCUT2D eigenvalue weighted by Gasteiger charge is 2.19. The Bertz CT molecular complexity index is 712. The molecule has 0 saturated carbocycles.